The fraction of sp³-hybridized carbons (Fsp3) is 0.421. The third-order valence-electron chi connectivity index (χ3n) is 4.94. The molecule has 132 valence electrons. The van der Waals surface area contributed by atoms with Gasteiger partial charge in [0.15, 0.2) is 0 Å². The largest absolute Gasteiger partial charge is 0.364 e. The van der Waals surface area contributed by atoms with Gasteiger partial charge < -0.3 is 10.1 Å². The second-order valence-corrected chi connectivity index (χ2v) is 8.83. The van der Waals surface area contributed by atoms with E-state index in [1.807, 2.05) is 12.3 Å². The van der Waals surface area contributed by atoms with E-state index in [1.54, 1.807) is 0 Å². The highest BCUT2D eigenvalue weighted by molar-refractivity contribution is 9.10. The van der Waals surface area contributed by atoms with Crippen molar-refractivity contribution in [2.45, 2.75) is 37.9 Å². The van der Waals surface area contributed by atoms with Crippen molar-refractivity contribution in [2.24, 2.45) is 0 Å². The van der Waals surface area contributed by atoms with Crippen molar-refractivity contribution in [1.29, 1.82) is 0 Å². The number of aromatic nitrogens is 1. The minimum atomic E-state index is -0.157. The SMILES string of the molecule is Clc1cc(Br)c2c(c1)CCc1cc(Br)cnc1[C@@H]2OC1CCNCC1. The van der Waals surface area contributed by atoms with Crippen LogP contribution in [0.5, 0.6) is 0 Å². The normalized spacial score (nSPS) is 20.7. The van der Waals surface area contributed by atoms with Gasteiger partial charge in [0, 0.05) is 25.7 Å². The zero-order valence-corrected chi connectivity index (χ0v) is 17.6. The highest BCUT2D eigenvalue weighted by Gasteiger charge is 2.31. The Balaban J connectivity index is 1.81. The van der Waals surface area contributed by atoms with E-state index in [4.69, 9.17) is 21.3 Å². The molecule has 1 aromatic carbocycles. The maximum absolute atomic E-state index is 6.63. The van der Waals surface area contributed by atoms with Crippen LogP contribution in [0.15, 0.2) is 33.3 Å². The van der Waals surface area contributed by atoms with Gasteiger partial charge in [-0.3, -0.25) is 4.98 Å². The van der Waals surface area contributed by atoms with E-state index in [0.717, 1.165) is 58.4 Å². The Morgan fingerprint density at radius 2 is 1.84 bits per heavy atom. The third kappa shape index (κ3) is 3.81. The lowest BCUT2D eigenvalue weighted by atomic mass is 9.99. The number of pyridine rings is 1. The Morgan fingerprint density at radius 1 is 1.08 bits per heavy atom. The van der Waals surface area contributed by atoms with Crippen molar-refractivity contribution in [3.63, 3.8) is 0 Å². The van der Waals surface area contributed by atoms with Gasteiger partial charge in [-0.05, 0) is 84.0 Å². The first-order valence-electron chi connectivity index (χ1n) is 8.60. The van der Waals surface area contributed by atoms with Crippen LogP contribution in [-0.4, -0.2) is 24.2 Å². The number of rotatable bonds is 2. The van der Waals surface area contributed by atoms with Crippen molar-refractivity contribution in [1.82, 2.24) is 10.3 Å². The highest BCUT2D eigenvalue weighted by atomic mass is 79.9. The molecule has 1 N–H and O–H groups in total. The summed E-state index contributed by atoms with van der Waals surface area (Å²) in [5, 5.41) is 4.16. The van der Waals surface area contributed by atoms with Crippen LogP contribution in [0.3, 0.4) is 0 Å². The monoisotopic (exact) mass is 484 g/mol. The number of nitrogens with zero attached hydrogens (tertiary/aromatic N) is 1. The summed E-state index contributed by atoms with van der Waals surface area (Å²) in [4.78, 5) is 4.75. The maximum atomic E-state index is 6.63. The molecule has 2 aromatic rings. The fourth-order valence-corrected chi connectivity index (χ4v) is 5.19. The molecular weight excluding hydrogens is 467 g/mol. The van der Waals surface area contributed by atoms with E-state index in [0.29, 0.717) is 0 Å². The second-order valence-electron chi connectivity index (χ2n) is 6.62. The number of aryl methyl sites for hydroxylation is 2. The molecule has 0 bridgehead atoms. The van der Waals surface area contributed by atoms with E-state index in [-0.39, 0.29) is 12.2 Å². The Morgan fingerprint density at radius 3 is 2.64 bits per heavy atom. The molecule has 0 spiro atoms. The van der Waals surface area contributed by atoms with Crippen molar-refractivity contribution >= 4 is 43.5 Å². The number of halogens is 3. The van der Waals surface area contributed by atoms with Crippen molar-refractivity contribution < 1.29 is 4.74 Å². The van der Waals surface area contributed by atoms with Gasteiger partial charge in [-0.15, -0.1) is 0 Å². The van der Waals surface area contributed by atoms with Crippen molar-refractivity contribution in [2.75, 3.05) is 13.1 Å². The third-order valence-corrected chi connectivity index (χ3v) is 6.24. The number of hydrogen-bond acceptors (Lipinski definition) is 3. The molecule has 0 saturated carbocycles. The molecule has 0 unspecified atom stereocenters. The molecule has 1 aliphatic carbocycles. The smallest absolute Gasteiger partial charge is 0.126 e. The number of ether oxygens (including phenoxy) is 1. The molecule has 3 nitrogen and oxygen atoms in total. The topological polar surface area (TPSA) is 34.1 Å². The van der Waals surface area contributed by atoms with Crippen LogP contribution < -0.4 is 5.32 Å². The summed E-state index contributed by atoms with van der Waals surface area (Å²) >= 11 is 13.6. The first-order chi connectivity index (χ1) is 12.1. The number of hydrogen-bond donors (Lipinski definition) is 1. The zero-order chi connectivity index (χ0) is 17.4. The first-order valence-corrected chi connectivity index (χ1v) is 10.6. The van der Waals surface area contributed by atoms with Crippen molar-refractivity contribution in [3.8, 4) is 0 Å². The molecule has 0 radical (unpaired) electrons. The molecule has 6 heteroatoms. The Labute approximate surface area is 169 Å². The molecule has 0 amide bonds. The summed E-state index contributed by atoms with van der Waals surface area (Å²) in [6.45, 7) is 2.01. The van der Waals surface area contributed by atoms with E-state index < -0.39 is 0 Å². The van der Waals surface area contributed by atoms with Crippen LogP contribution in [0, 0.1) is 0 Å². The summed E-state index contributed by atoms with van der Waals surface area (Å²) in [5.74, 6) is 0. The lowest BCUT2D eigenvalue weighted by molar-refractivity contribution is -0.0105. The second kappa shape index (κ2) is 7.65. The number of benzene rings is 1. The number of nitrogens with one attached hydrogen (secondary N) is 1. The predicted molar refractivity (Wildman–Crippen MR) is 107 cm³/mol. The summed E-state index contributed by atoms with van der Waals surface area (Å²) in [5.41, 5.74) is 4.69. The molecule has 1 fully saturated rings. The summed E-state index contributed by atoms with van der Waals surface area (Å²) in [6, 6.07) is 6.20. The van der Waals surface area contributed by atoms with E-state index in [1.165, 1.54) is 16.7 Å². The molecule has 25 heavy (non-hydrogen) atoms. The molecule has 1 atom stereocenters. The molecule has 2 aliphatic rings. The first kappa shape index (κ1) is 17.9. The minimum absolute atomic E-state index is 0.157. The van der Waals surface area contributed by atoms with E-state index in [2.05, 4.69) is 49.3 Å². The average Bonchev–Trinajstić information content (AvgIpc) is 2.73. The van der Waals surface area contributed by atoms with Crippen LogP contribution in [0.1, 0.15) is 41.3 Å². The molecule has 1 saturated heterocycles. The van der Waals surface area contributed by atoms with E-state index in [9.17, 15) is 0 Å². The van der Waals surface area contributed by atoms with Gasteiger partial charge in [-0.1, -0.05) is 27.5 Å². The fourth-order valence-electron chi connectivity index (χ4n) is 3.73. The Bertz CT molecular complexity index is 793. The summed E-state index contributed by atoms with van der Waals surface area (Å²) < 4.78 is 8.65. The maximum Gasteiger partial charge on any atom is 0.126 e. The van der Waals surface area contributed by atoms with Gasteiger partial charge in [0.1, 0.15) is 6.10 Å². The van der Waals surface area contributed by atoms with Crippen LogP contribution in [0.2, 0.25) is 5.02 Å². The Kier molecular flexibility index (Phi) is 5.49. The number of piperidine rings is 1. The van der Waals surface area contributed by atoms with Crippen LogP contribution in [0.4, 0.5) is 0 Å². The van der Waals surface area contributed by atoms with Crippen LogP contribution in [-0.2, 0) is 17.6 Å². The summed E-state index contributed by atoms with van der Waals surface area (Å²) in [7, 11) is 0. The van der Waals surface area contributed by atoms with Gasteiger partial charge >= 0.3 is 0 Å². The van der Waals surface area contributed by atoms with Crippen LogP contribution >= 0.6 is 43.5 Å². The quantitative estimate of drug-likeness (QED) is 0.632. The van der Waals surface area contributed by atoms with Gasteiger partial charge in [0.2, 0.25) is 0 Å². The zero-order valence-electron chi connectivity index (χ0n) is 13.7. The van der Waals surface area contributed by atoms with Gasteiger partial charge in [0.05, 0.1) is 11.8 Å². The number of fused-ring (bicyclic) bond motifs is 2. The predicted octanol–water partition coefficient (Wildman–Crippen LogP) is 5.22. The van der Waals surface area contributed by atoms with E-state index >= 15 is 0 Å². The van der Waals surface area contributed by atoms with Gasteiger partial charge in [-0.2, -0.15) is 0 Å². The lowest BCUT2D eigenvalue weighted by Crippen LogP contribution is -2.33. The molecule has 1 aromatic heterocycles. The standard InChI is InChI=1S/C19H19Br2ClN2O/c20-13-7-12-2-1-11-8-14(22)9-16(21)17(11)19(18(12)24-10-13)25-15-3-5-23-6-4-15/h7-10,15,19,23H,1-6H2/t19-/m1/s1. The average molecular weight is 487 g/mol. The molecule has 2 heterocycles. The molecular formula is C19H19Br2ClN2O. The molecule has 1 aliphatic heterocycles. The Hall–Kier alpha value is -0.460. The minimum Gasteiger partial charge on any atom is -0.364 e. The molecule has 4 rings (SSSR count). The van der Waals surface area contributed by atoms with Crippen LogP contribution in [0.25, 0.3) is 0 Å². The van der Waals surface area contributed by atoms with Gasteiger partial charge in [0.25, 0.3) is 0 Å². The lowest BCUT2D eigenvalue weighted by Gasteiger charge is -2.29. The summed E-state index contributed by atoms with van der Waals surface area (Å²) in [6.07, 6.45) is 5.89. The van der Waals surface area contributed by atoms with Gasteiger partial charge in [-0.25, -0.2) is 0 Å². The highest BCUT2D eigenvalue weighted by Crippen LogP contribution is 2.41. The van der Waals surface area contributed by atoms with Crippen molar-refractivity contribution in [3.05, 3.63) is 60.7 Å².